The number of amides is 2. The highest BCUT2D eigenvalue weighted by Crippen LogP contribution is 2.26. The number of piperazine rings is 1. The molecule has 0 bridgehead atoms. The normalized spacial score (nSPS) is 15.4. The van der Waals surface area contributed by atoms with Gasteiger partial charge in [0.2, 0.25) is 11.8 Å². The van der Waals surface area contributed by atoms with Crippen molar-refractivity contribution in [1.82, 2.24) is 9.80 Å². The maximum Gasteiger partial charge on any atom is 0.243 e. The van der Waals surface area contributed by atoms with Crippen molar-refractivity contribution in [1.29, 1.82) is 0 Å². The summed E-state index contributed by atoms with van der Waals surface area (Å²) < 4.78 is 0. The minimum atomic E-state index is -0.283. The second-order valence-electron chi connectivity index (χ2n) is 7.90. The van der Waals surface area contributed by atoms with Crippen LogP contribution in [0.2, 0.25) is 5.02 Å². The van der Waals surface area contributed by atoms with E-state index < -0.39 is 0 Å². The number of aryl methyl sites for hydroxylation is 1. The van der Waals surface area contributed by atoms with Gasteiger partial charge in [-0.05, 0) is 37.1 Å². The van der Waals surface area contributed by atoms with Gasteiger partial charge in [-0.25, -0.2) is 0 Å². The summed E-state index contributed by atoms with van der Waals surface area (Å²) in [5.74, 6) is -0.238. The molecule has 2 aromatic rings. The highest BCUT2D eigenvalue weighted by molar-refractivity contribution is 6.33. The summed E-state index contributed by atoms with van der Waals surface area (Å²) in [6.45, 7) is 7.13. The predicted octanol–water partition coefficient (Wildman–Crippen LogP) is 3.51. The smallest absolute Gasteiger partial charge is 0.243 e. The van der Waals surface area contributed by atoms with Crippen molar-refractivity contribution in [2.75, 3.05) is 50.0 Å². The maximum absolute atomic E-state index is 12.9. The fourth-order valence-corrected chi connectivity index (χ4v) is 4.22. The molecule has 1 heterocycles. The van der Waals surface area contributed by atoms with E-state index in [2.05, 4.69) is 15.1 Å². The Morgan fingerprint density at radius 1 is 1.06 bits per heavy atom. The lowest BCUT2D eigenvalue weighted by molar-refractivity contribution is -0.137. The summed E-state index contributed by atoms with van der Waals surface area (Å²) in [5.41, 5.74) is 2.91. The van der Waals surface area contributed by atoms with Crippen LogP contribution in [-0.2, 0) is 16.0 Å². The van der Waals surface area contributed by atoms with E-state index in [-0.39, 0.29) is 24.4 Å². The van der Waals surface area contributed by atoms with Crippen molar-refractivity contribution in [3.63, 3.8) is 0 Å². The summed E-state index contributed by atoms with van der Waals surface area (Å²) in [6, 6.07) is 15.3. The molecule has 1 N–H and O–H groups in total. The van der Waals surface area contributed by atoms with Gasteiger partial charge in [0.1, 0.15) is 0 Å². The fourth-order valence-electron chi connectivity index (χ4n) is 3.97. The van der Waals surface area contributed by atoms with Crippen molar-refractivity contribution in [2.24, 2.45) is 0 Å². The van der Waals surface area contributed by atoms with Crippen LogP contribution in [0.25, 0.3) is 0 Å². The van der Waals surface area contributed by atoms with E-state index in [0.717, 1.165) is 54.6 Å². The number of halogens is 1. The van der Waals surface area contributed by atoms with Gasteiger partial charge >= 0.3 is 0 Å². The Morgan fingerprint density at radius 3 is 2.39 bits per heavy atom. The Kier molecular flexibility index (Phi) is 7.93. The molecule has 2 aromatic carbocycles. The number of nitrogens with zero attached hydrogens (tertiary/aromatic N) is 3. The van der Waals surface area contributed by atoms with Crippen molar-refractivity contribution >= 4 is 34.8 Å². The van der Waals surface area contributed by atoms with E-state index in [9.17, 15) is 9.59 Å². The lowest BCUT2D eigenvalue weighted by Crippen LogP contribution is -2.54. The number of hydrogen-bond donors (Lipinski definition) is 1. The molecule has 1 aliphatic rings. The molecular weight excluding hydrogens is 412 g/mol. The quantitative estimate of drug-likeness (QED) is 0.712. The first-order chi connectivity index (χ1) is 14.9. The Bertz CT molecular complexity index is 912. The lowest BCUT2D eigenvalue weighted by atomic mass is 10.1. The van der Waals surface area contributed by atoms with Crippen LogP contribution in [0.3, 0.4) is 0 Å². The van der Waals surface area contributed by atoms with Crippen LogP contribution >= 0.6 is 11.6 Å². The van der Waals surface area contributed by atoms with Crippen LogP contribution in [-0.4, -0.2) is 67.4 Å². The van der Waals surface area contributed by atoms with Gasteiger partial charge in [0.25, 0.3) is 0 Å². The SMILES string of the molecule is CCc1ccccc1NC(=O)CN(C)C(=O)[C@@H](C)N1CCN(c2ccccc2Cl)CC1. The average Bonchev–Trinajstić information content (AvgIpc) is 2.78. The summed E-state index contributed by atoms with van der Waals surface area (Å²) >= 11 is 6.32. The second kappa shape index (κ2) is 10.6. The molecule has 31 heavy (non-hydrogen) atoms. The molecule has 6 nitrogen and oxygen atoms in total. The molecule has 0 radical (unpaired) electrons. The molecular formula is C24H31ClN4O2. The maximum atomic E-state index is 12.9. The van der Waals surface area contributed by atoms with Gasteiger partial charge in [0.05, 0.1) is 23.3 Å². The van der Waals surface area contributed by atoms with Gasteiger partial charge in [-0.15, -0.1) is 0 Å². The molecule has 1 atom stereocenters. The van der Waals surface area contributed by atoms with E-state index in [0.29, 0.717) is 0 Å². The number of benzene rings is 2. The van der Waals surface area contributed by atoms with Gasteiger partial charge < -0.3 is 15.1 Å². The minimum Gasteiger partial charge on any atom is -0.368 e. The van der Waals surface area contributed by atoms with E-state index in [1.165, 1.54) is 4.90 Å². The number of hydrogen-bond acceptors (Lipinski definition) is 4. The van der Waals surface area contributed by atoms with Crippen LogP contribution in [0.1, 0.15) is 19.4 Å². The number of rotatable bonds is 7. The standard InChI is InChI=1S/C24H31ClN4O2/c1-4-19-9-5-7-11-21(19)26-23(30)17-27(3)24(31)18(2)28-13-15-29(16-14-28)22-12-8-6-10-20(22)25/h5-12,18H,4,13-17H2,1-3H3,(H,26,30)/t18-/m1/s1. The van der Waals surface area contributed by atoms with Gasteiger partial charge in [-0.1, -0.05) is 48.9 Å². The molecule has 2 amide bonds. The topological polar surface area (TPSA) is 55.9 Å². The molecule has 0 spiro atoms. The number of para-hydroxylation sites is 2. The molecule has 1 saturated heterocycles. The highest BCUT2D eigenvalue weighted by atomic mass is 35.5. The predicted molar refractivity (Wildman–Crippen MR) is 127 cm³/mol. The van der Waals surface area contributed by atoms with Crippen LogP contribution in [0.5, 0.6) is 0 Å². The highest BCUT2D eigenvalue weighted by Gasteiger charge is 2.28. The van der Waals surface area contributed by atoms with E-state index >= 15 is 0 Å². The molecule has 1 aliphatic heterocycles. The summed E-state index contributed by atoms with van der Waals surface area (Å²) in [4.78, 5) is 31.3. The Labute approximate surface area is 189 Å². The molecule has 3 rings (SSSR count). The third kappa shape index (κ3) is 5.77. The van der Waals surface area contributed by atoms with Crippen molar-refractivity contribution in [2.45, 2.75) is 26.3 Å². The van der Waals surface area contributed by atoms with E-state index in [4.69, 9.17) is 11.6 Å². The lowest BCUT2D eigenvalue weighted by Gasteiger charge is -2.39. The zero-order chi connectivity index (χ0) is 22.4. The number of likely N-dealkylation sites (N-methyl/N-ethyl adjacent to an activating group) is 1. The van der Waals surface area contributed by atoms with Crippen LogP contribution in [0, 0.1) is 0 Å². The van der Waals surface area contributed by atoms with Crippen LogP contribution < -0.4 is 10.2 Å². The first-order valence-corrected chi connectivity index (χ1v) is 11.1. The van der Waals surface area contributed by atoms with Crippen molar-refractivity contribution in [3.05, 3.63) is 59.1 Å². The number of nitrogens with one attached hydrogen (secondary N) is 1. The number of carbonyl (C=O) groups is 2. The second-order valence-corrected chi connectivity index (χ2v) is 8.31. The summed E-state index contributed by atoms with van der Waals surface area (Å²) in [6.07, 6.45) is 0.836. The van der Waals surface area contributed by atoms with E-state index in [1.54, 1.807) is 7.05 Å². The van der Waals surface area contributed by atoms with Gasteiger partial charge in [0, 0.05) is 38.9 Å². The monoisotopic (exact) mass is 442 g/mol. The molecule has 0 unspecified atom stereocenters. The van der Waals surface area contributed by atoms with Gasteiger partial charge in [-0.2, -0.15) is 0 Å². The van der Waals surface area contributed by atoms with Crippen molar-refractivity contribution < 1.29 is 9.59 Å². The molecule has 0 aliphatic carbocycles. The van der Waals surface area contributed by atoms with E-state index in [1.807, 2.05) is 62.4 Å². The third-order valence-corrected chi connectivity index (χ3v) is 6.16. The molecule has 0 saturated carbocycles. The third-order valence-electron chi connectivity index (χ3n) is 5.84. The first-order valence-electron chi connectivity index (χ1n) is 10.8. The zero-order valence-electron chi connectivity index (χ0n) is 18.5. The number of carbonyl (C=O) groups excluding carboxylic acids is 2. The van der Waals surface area contributed by atoms with Crippen LogP contribution in [0.4, 0.5) is 11.4 Å². The first kappa shape index (κ1) is 23.1. The largest absolute Gasteiger partial charge is 0.368 e. The minimum absolute atomic E-state index is 0.0286. The number of anilines is 2. The summed E-state index contributed by atoms with van der Waals surface area (Å²) in [7, 11) is 1.68. The van der Waals surface area contributed by atoms with Crippen LogP contribution in [0.15, 0.2) is 48.5 Å². The van der Waals surface area contributed by atoms with Crippen molar-refractivity contribution in [3.8, 4) is 0 Å². The molecule has 1 fully saturated rings. The zero-order valence-corrected chi connectivity index (χ0v) is 19.2. The average molecular weight is 443 g/mol. The Balaban J connectivity index is 1.51. The molecule has 0 aromatic heterocycles. The molecule has 7 heteroatoms. The molecule has 166 valence electrons. The van der Waals surface area contributed by atoms with Gasteiger partial charge in [0.15, 0.2) is 0 Å². The Hall–Kier alpha value is -2.57. The fraction of sp³-hybridized carbons (Fsp3) is 0.417. The Morgan fingerprint density at radius 2 is 1.71 bits per heavy atom. The summed E-state index contributed by atoms with van der Waals surface area (Å²) in [5, 5.41) is 3.68. The van der Waals surface area contributed by atoms with Gasteiger partial charge in [-0.3, -0.25) is 14.5 Å².